The van der Waals surface area contributed by atoms with Crippen molar-refractivity contribution in [2.75, 3.05) is 7.11 Å². The van der Waals surface area contributed by atoms with E-state index in [0.717, 1.165) is 35.1 Å². The first-order valence-electron chi connectivity index (χ1n) is 10.3. The van der Waals surface area contributed by atoms with Gasteiger partial charge < -0.3 is 9.53 Å². The van der Waals surface area contributed by atoms with Crippen LogP contribution in [0.3, 0.4) is 0 Å². The smallest absolute Gasteiger partial charge is 0.337 e. The molecule has 0 saturated carbocycles. The highest BCUT2D eigenvalue weighted by molar-refractivity contribution is 5.93. The zero-order valence-electron chi connectivity index (χ0n) is 18.3. The lowest BCUT2D eigenvalue weighted by atomic mass is 9.77. The molecule has 0 aromatic heterocycles. The van der Waals surface area contributed by atoms with Crippen molar-refractivity contribution in [3.63, 3.8) is 0 Å². The average Bonchev–Trinajstić information content (AvgIpc) is 2.75. The van der Waals surface area contributed by atoms with Gasteiger partial charge in [0.2, 0.25) is 0 Å². The highest BCUT2D eigenvalue weighted by atomic mass is 16.5. The third kappa shape index (κ3) is 5.23. The molecular weight excluding hydrogens is 360 g/mol. The topological polar surface area (TPSA) is 43.4 Å². The van der Waals surface area contributed by atoms with E-state index in [1.807, 2.05) is 12.1 Å². The molecule has 29 heavy (non-hydrogen) atoms. The number of allylic oxidation sites excluding steroid dienone is 1. The number of ketones is 1. The van der Waals surface area contributed by atoms with Gasteiger partial charge in [0.15, 0.2) is 0 Å². The molecule has 3 nitrogen and oxygen atoms in total. The molecule has 0 amide bonds. The maximum atomic E-state index is 12.1. The number of hydrogen-bond donors (Lipinski definition) is 0. The molecule has 2 rings (SSSR count). The van der Waals surface area contributed by atoms with E-state index in [9.17, 15) is 9.59 Å². The molecule has 0 saturated heterocycles. The number of carbonyl (C=O) groups is 2. The summed E-state index contributed by atoms with van der Waals surface area (Å²) in [6.07, 6.45) is 3.16. The Morgan fingerprint density at radius 1 is 1.03 bits per heavy atom. The van der Waals surface area contributed by atoms with Crippen LogP contribution in [0, 0.1) is 0 Å². The number of carbonyl (C=O) groups excluding carboxylic acids is 2. The fourth-order valence-corrected chi connectivity index (χ4v) is 3.52. The number of methoxy groups -OCH3 is 1. The molecule has 0 fully saturated rings. The number of Topliss-reactive ketones (excluding diaryl/α,β-unsaturated/α-hetero) is 1. The quantitative estimate of drug-likeness (QED) is 0.452. The SMILES string of the molecule is C=C(CCC(C)=O)c1ccc(C(=O)OC)cc1-c1cccc(C(C)(CC)CC)c1. The van der Waals surface area contributed by atoms with Gasteiger partial charge in [-0.05, 0) is 71.6 Å². The summed E-state index contributed by atoms with van der Waals surface area (Å²) in [5.74, 6) is -0.224. The molecule has 0 aliphatic carbocycles. The van der Waals surface area contributed by atoms with Gasteiger partial charge in [0.05, 0.1) is 12.7 Å². The molecule has 0 N–H and O–H groups in total. The molecule has 154 valence electrons. The Morgan fingerprint density at radius 3 is 2.31 bits per heavy atom. The van der Waals surface area contributed by atoms with E-state index in [-0.39, 0.29) is 17.2 Å². The molecule has 0 unspecified atom stereocenters. The summed E-state index contributed by atoms with van der Waals surface area (Å²) < 4.78 is 4.91. The van der Waals surface area contributed by atoms with Gasteiger partial charge in [-0.15, -0.1) is 0 Å². The molecule has 0 atom stereocenters. The van der Waals surface area contributed by atoms with E-state index in [0.29, 0.717) is 18.4 Å². The fourth-order valence-electron chi connectivity index (χ4n) is 3.52. The Hall–Kier alpha value is -2.68. The highest BCUT2D eigenvalue weighted by Crippen LogP contribution is 2.36. The van der Waals surface area contributed by atoms with Crippen LogP contribution >= 0.6 is 0 Å². The summed E-state index contributed by atoms with van der Waals surface area (Å²) in [5.41, 5.74) is 5.73. The van der Waals surface area contributed by atoms with Gasteiger partial charge >= 0.3 is 5.97 Å². The van der Waals surface area contributed by atoms with Gasteiger partial charge in [-0.2, -0.15) is 0 Å². The number of esters is 1. The minimum atomic E-state index is -0.366. The predicted octanol–water partition coefficient (Wildman–Crippen LogP) is 6.60. The molecule has 3 heteroatoms. The summed E-state index contributed by atoms with van der Waals surface area (Å²) in [5, 5.41) is 0. The number of rotatable bonds is 9. The van der Waals surface area contributed by atoms with E-state index in [1.54, 1.807) is 13.0 Å². The lowest BCUT2D eigenvalue weighted by Crippen LogP contribution is -2.19. The summed E-state index contributed by atoms with van der Waals surface area (Å²) in [6.45, 7) is 12.5. The second-order valence-electron chi connectivity index (χ2n) is 7.91. The largest absolute Gasteiger partial charge is 0.465 e. The summed E-state index contributed by atoms with van der Waals surface area (Å²) in [7, 11) is 1.39. The van der Waals surface area contributed by atoms with Gasteiger partial charge in [-0.25, -0.2) is 4.79 Å². The van der Waals surface area contributed by atoms with Gasteiger partial charge in [0.1, 0.15) is 5.78 Å². The molecular formula is C26H32O3. The van der Waals surface area contributed by atoms with E-state index in [2.05, 4.69) is 51.6 Å². The van der Waals surface area contributed by atoms with Crippen molar-refractivity contribution in [2.24, 2.45) is 0 Å². The maximum Gasteiger partial charge on any atom is 0.337 e. The monoisotopic (exact) mass is 392 g/mol. The second-order valence-corrected chi connectivity index (χ2v) is 7.91. The first-order chi connectivity index (χ1) is 13.8. The van der Waals surface area contributed by atoms with Crippen LogP contribution in [0.5, 0.6) is 0 Å². The standard InChI is InChI=1S/C26H32O3/c1-7-26(5,8-2)22-11-9-10-20(16-22)24-17-21(25(28)29-6)14-15-23(24)18(3)12-13-19(4)27/h9-11,14-17H,3,7-8,12-13H2,1-2,4-6H3. The summed E-state index contributed by atoms with van der Waals surface area (Å²) in [6, 6.07) is 14.1. The van der Waals surface area contributed by atoms with E-state index in [4.69, 9.17) is 4.74 Å². The molecule has 0 bridgehead atoms. The van der Waals surface area contributed by atoms with Crippen molar-refractivity contribution in [1.29, 1.82) is 0 Å². The van der Waals surface area contributed by atoms with Crippen molar-refractivity contribution in [2.45, 2.75) is 58.8 Å². The fraction of sp³-hybridized carbons (Fsp3) is 0.385. The molecule has 2 aromatic rings. The number of ether oxygens (including phenoxy) is 1. The van der Waals surface area contributed by atoms with Gasteiger partial charge in [0.25, 0.3) is 0 Å². The Morgan fingerprint density at radius 2 is 1.72 bits per heavy atom. The molecule has 0 radical (unpaired) electrons. The lowest BCUT2D eigenvalue weighted by molar-refractivity contribution is -0.116. The van der Waals surface area contributed by atoms with Crippen molar-refractivity contribution >= 4 is 17.3 Å². The molecule has 2 aromatic carbocycles. The normalized spacial score (nSPS) is 11.2. The van der Waals surface area contributed by atoms with Crippen LogP contribution in [0.2, 0.25) is 0 Å². The van der Waals surface area contributed by atoms with E-state index >= 15 is 0 Å². The molecule has 0 aliphatic heterocycles. The summed E-state index contributed by atoms with van der Waals surface area (Å²) >= 11 is 0. The predicted molar refractivity (Wildman–Crippen MR) is 120 cm³/mol. The van der Waals surface area contributed by atoms with E-state index in [1.165, 1.54) is 12.7 Å². The lowest BCUT2D eigenvalue weighted by Gasteiger charge is -2.28. The Labute approximate surface area is 174 Å². The first kappa shape index (κ1) is 22.6. The van der Waals surface area contributed by atoms with Gasteiger partial charge in [-0.1, -0.05) is 57.7 Å². The zero-order chi connectivity index (χ0) is 21.6. The average molecular weight is 393 g/mol. The van der Waals surface area contributed by atoms with Crippen molar-refractivity contribution in [3.8, 4) is 11.1 Å². The van der Waals surface area contributed by atoms with Crippen LogP contribution in [0.15, 0.2) is 49.0 Å². The van der Waals surface area contributed by atoms with Gasteiger partial charge in [0, 0.05) is 6.42 Å². The third-order valence-corrected chi connectivity index (χ3v) is 6.03. The van der Waals surface area contributed by atoms with Crippen LogP contribution in [-0.2, 0) is 14.9 Å². The Kier molecular flexibility index (Phi) is 7.55. The number of benzene rings is 2. The van der Waals surface area contributed by atoms with Crippen molar-refractivity contribution < 1.29 is 14.3 Å². The van der Waals surface area contributed by atoms with Crippen LogP contribution in [0.4, 0.5) is 0 Å². The summed E-state index contributed by atoms with van der Waals surface area (Å²) in [4.78, 5) is 23.6. The van der Waals surface area contributed by atoms with Crippen LogP contribution in [0.1, 0.15) is 74.9 Å². The molecule has 0 aliphatic rings. The Balaban J connectivity index is 2.60. The van der Waals surface area contributed by atoms with E-state index < -0.39 is 0 Å². The molecule has 0 heterocycles. The minimum Gasteiger partial charge on any atom is -0.465 e. The van der Waals surface area contributed by atoms with Gasteiger partial charge in [-0.3, -0.25) is 0 Å². The zero-order valence-corrected chi connectivity index (χ0v) is 18.3. The second kappa shape index (κ2) is 9.69. The maximum absolute atomic E-state index is 12.1. The molecule has 0 spiro atoms. The number of hydrogen-bond acceptors (Lipinski definition) is 3. The first-order valence-corrected chi connectivity index (χ1v) is 10.3. The van der Waals surface area contributed by atoms with Crippen LogP contribution in [-0.4, -0.2) is 18.9 Å². The van der Waals surface area contributed by atoms with Crippen molar-refractivity contribution in [3.05, 3.63) is 65.7 Å². The van der Waals surface area contributed by atoms with Crippen molar-refractivity contribution in [1.82, 2.24) is 0 Å². The Bertz CT molecular complexity index is 904. The van der Waals surface area contributed by atoms with Crippen LogP contribution in [0.25, 0.3) is 16.7 Å². The third-order valence-electron chi connectivity index (χ3n) is 6.03. The van der Waals surface area contributed by atoms with Crippen LogP contribution < -0.4 is 0 Å². The minimum absolute atomic E-state index is 0.0990. The highest BCUT2D eigenvalue weighted by Gasteiger charge is 2.23.